The van der Waals surface area contributed by atoms with Crippen molar-refractivity contribution in [2.75, 3.05) is 14.2 Å². The van der Waals surface area contributed by atoms with E-state index in [1.165, 1.54) is 54.7 Å². The number of ketones is 1. The molecular formula is C33H25N3O6S. The van der Waals surface area contributed by atoms with Crippen LogP contribution in [-0.4, -0.2) is 47.9 Å². The number of benzene rings is 3. The average Bonchev–Trinajstić information content (AvgIpc) is 3.71. The lowest BCUT2D eigenvalue weighted by molar-refractivity contribution is -0.142. The number of nitriles is 2. The third kappa shape index (κ3) is 5.32. The van der Waals surface area contributed by atoms with Gasteiger partial charge in [-0.1, -0.05) is 36.4 Å². The Kier molecular flexibility index (Phi) is 8.24. The minimum absolute atomic E-state index is 0.266. The average molecular weight is 592 g/mol. The van der Waals surface area contributed by atoms with Crippen LogP contribution in [0.25, 0.3) is 0 Å². The summed E-state index contributed by atoms with van der Waals surface area (Å²) in [6.45, 7) is 0. The predicted molar refractivity (Wildman–Crippen MR) is 157 cm³/mol. The van der Waals surface area contributed by atoms with E-state index in [4.69, 9.17) is 9.47 Å². The van der Waals surface area contributed by atoms with Crippen molar-refractivity contribution in [1.29, 1.82) is 10.5 Å². The van der Waals surface area contributed by atoms with Gasteiger partial charge in [0.15, 0.2) is 17.3 Å². The number of carboxylic acids is 1. The molecule has 0 saturated carbocycles. The number of carbonyl (C=O) groups excluding carboxylic acids is 2. The molecule has 3 aromatic carbocycles. The quantitative estimate of drug-likeness (QED) is 0.267. The third-order valence-corrected chi connectivity index (χ3v) is 8.52. The molecule has 10 heteroatoms. The number of hydrogen-bond donors (Lipinski definition) is 1. The first-order valence-corrected chi connectivity index (χ1v) is 14.1. The molecule has 214 valence electrons. The predicted octanol–water partition coefficient (Wildman–Crippen LogP) is 5.44. The van der Waals surface area contributed by atoms with Gasteiger partial charge in [-0.05, 0) is 59.0 Å². The summed E-state index contributed by atoms with van der Waals surface area (Å²) >= 11 is 1.17. The van der Waals surface area contributed by atoms with Crippen molar-refractivity contribution in [3.05, 3.63) is 117 Å². The second-order valence-corrected chi connectivity index (χ2v) is 10.8. The van der Waals surface area contributed by atoms with E-state index in [-0.39, 0.29) is 5.56 Å². The largest absolute Gasteiger partial charge is 0.493 e. The number of carbonyl (C=O) groups is 3. The number of likely N-dealkylation sites (tertiary alicyclic amines) is 1. The van der Waals surface area contributed by atoms with Crippen LogP contribution in [0.5, 0.6) is 11.5 Å². The summed E-state index contributed by atoms with van der Waals surface area (Å²) in [5.41, 5.74) is 1.98. The lowest BCUT2D eigenvalue weighted by Crippen LogP contribution is -2.43. The number of thiophene rings is 1. The molecule has 1 N–H and O–H groups in total. The van der Waals surface area contributed by atoms with Gasteiger partial charge in [0.1, 0.15) is 6.04 Å². The van der Waals surface area contributed by atoms with Gasteiger partial charge in [-0.25, -0.2) is 4.79 Å². The molecule has 0 bridgehead atoms. The maximum Gasteiger partial charge on any atom is 0.327 e. The standard InChI is InChI=1S/C33H25N3O6S/c1-41-24-14-13-23(16-25(24)42-2)27-28(31(37)22-11-7-20(18-35)8-12-22)29(21-9-5-19(17-34)6-10-21)36(30(27)33(39)40)32(38)26-4-3-15-43-26/h3-16,27-30H,1-2H3,(H,39,40). The third-order valence-electron chi connectivity index (χ3n) is 7.66. The van der Waals surface area contributed by atoms with Gasteiger partial charge in [-0.15, -0.1) is 11.3 Å². The number of Topliss-reactive ketones (excluding diaryl/α,β-unsaturated/α-hetero) is 1. The molecule has 1 fully saturated rings. The Hall–Kier alpha value is -5.45. The van der Waals surface area contributed by atoms with E-state index >= 15 is 0 Å². The summed E-state index contributed by atoms with van der Waals surface area (Å²) in [7, 11) is 2.93. The van der Waals surface area contributed by atoms with Crippen molar-refractivity contribution in [2.24, 2.45) is 5.92 Å². The van der Waals surface area contributed by atoms with Crippen LogP contribution in [0, 0.1) is 28.6 Å². The molecule has 0 aliphatic carbocycles. The van der Waals surface area contributed by atoms with Crippen molar-refractivity contribution in [1.82, 2.24) is 4.90 Å². The summed E-state index contributed by atoms with van der Waals surface area (Å²) in [4.78, 5) is 43.4. The first-order valence-electron chi connectivity index (χ1n) is 13.2. The molecule has 4 aromatic rings. The van der Waals surface area contributed by atoms with Gasteiger partial charge in [0, 0.05) is 11.5 Å². The number of aliphatic carboxylic acids is 1. The van der Waals surface area contributed by atoms with Gasteiger partial charge >= 0.3 is 5.97 Å². The van der Waals surface area contributed by atoms with Crippen LogP contribution in [0.4, 0.5) is 0 Å². The van der Waals surface area contributed by atoms with Crippen LogP contribution in [0.2, 0.25) is 0 Å². The van der Waals surface area contributed by atoms with Crippen LogP contribution in [0.3, 0.4) is 0 Å². The van der Waals surface area contributed by atoms with Gasteiger partial charge < -0.3 is 19.5 Å². The Morgan fingerprint density at radius 3 is 1.98 bits per heavy atom. The molecule has 4 unspecified atom stereocenters. The van der Waals surface area contributed by atoms with Gasteiger partial charge in [0.25, 0.3) is 5.91 Å². The molecule has 0 spiro atoms. The van der Waals surface area contributed by atoms with Gasteiger partial charge in [-0.2, -0.15) is 10.5 Å². The van der Waals surface area contributed by atoms with E-state index in [2.05, 4.69) is 6.07 Å². The first kappa shape index (κ1) is 29.1. The first-order chi connectivity index (χ1) is 20.8. The maximum atomic E-state index is 14.5. The second-order valence-electron chi connectivity index (χ2n) is 9.87. The zero-order valence-electron chi connectivity index (χ0n) is 23.1. The molecule has 1 saturated heterocycles. The smallest absolute Gasteiger partial charge is 0.327 e. The molecule has 0 radical (unpaired) electrons. The summed E-state index contributed by atoms with van der Waals surface area (Å²) < 4.78 is 10.9. The Morgan fingerprint density at radius 1 is 0.837 bits per heavy atom. The molecule has 1 aliphatic rings. The monoisotopic (exact) mass is 591 g/mol. The van der Waals surface area contributed by atoms with Crippen LogP contribution >= 0.6 is 11.3 Å². The second kappa shape index (κ2) is 12.2. The van der Waals surface area contributed by atoms with Gasteiger partial charge in [-0.3, -0.25) is 9.59 Å². The molecule has 1 amide bonds. The van der Waals surface area contributed by atoms with Crippen molar-refractivity contribution in [3.63, 3.8) is 0 Å². The van der Waals surface area contributed by atoms with Crippen LogP contribution in [-0.2, 0) is 4.79 Å². The lowest BCUT2D eigenvalue weighted by Gasteiger charge is -2.30. The number of carboxylic acid groups (broad SMARTS) is 1. The summed E-state index contributed by atoms with van der Waals surface area (Å²) in [6, 6.07) is 22.4. The van der Waals surface area contributed by atoms with E-state index < -0.39 is 41.6 Å². The number of amides is 1. The number of hydrogen-bond acceptors (Lipinski definition) is 8. The number of ether oxygens (including phenoxy) is 2. The number of rotatable bonds is 8. The summed E-state index contributed by atoms with van der Waals surface area (Å²) in [6.07, 6.45) is 0. The highest BCUT2D eigenvalue weighted by atomic mass is 32.1. The van der Waals surface area contributed by atoms with Crippen molar-refractivity contribution in [2.45, 2.75) is 18.0 Å². The Balaban J connectivity index is 1.79. The Labute approximate surface area is 251 Å². The van der Waals surface area contributed by atoms with Gasteiger partial charge in [0.2, 0.25) is 0 Å². The fourth-order valence-electron chi connectivity index (χ4n) is 5.75. The van der Waals surface area contributed by atoms with E-state index in [0.29, 0.717) is 38.6 Å². The van der Waals surface area contributed by atoms with E-state index in [9.17, 15) is 30.0 Å². The Bertz CT molecular complexity index is 1750. The van der Waals surface area contributed by atoms with Crippen molar-refractivity contribution in [3.8, 4) is 23.6 Å². The normalized spacial score (nSPS) is 19.2. The number of nitrogens with zero attached hydrogens (tertiary/aromatic N) is 3. The molecule has 1 aliphatic heterocycles. The molecule has 5 rings (SSSR count). The van der Waals surface area contributed by atoms with E-state index in [1.807, 2.05) is 6.07 Å². The zero-order valence-corrected chi connectivity index (χ0v) is 23.9. The SMILES string of the molecule is COc1ccc(C2C(C(=O)c3ccc(C#N)cc3)C(c3ccc(C#N)cc3)N(C(=O)c3cccs3)C2C(=O)O)cc1OC. The molecule has 9 nitrogen and oxygen atoms in total. The zero-order chi connectivity index (χ0) is 30.7. The highest BCUT2D eigenvalue weighted by Gasteiger charge is 2.58. The molecule has 1 aromatic heterocycles. The molecular weight excluding hydrogens is 566 g/mol. The number of methoxy groups -OCH3 is 2. The van der Waals surface area contributed by atoms with Crippen molar-refractivity contribution >= 4 is 29.0 Å². The fourth-order valence-corrected chi connectivity index (χ4v) is 6.41. The minimum Gasteiger partial charge on any atom is -0.493 e. The van der Waals surface area contributed by atoms with Gasteiger partial charge in [0.05, 0.1) is 54.3 Å². The summed E-state index contributed by atoms with van der Waals surface area (Å²) in [5, 5.41) is 31.1. The topological polar surface area (TPSA) is 141 Å². The molecule has 4 atom stereocenters. The maximum absolute atomic E-state index is 14.5. The van der Waals surface area contributed by atoms with E-state index in [1.54, 1.807) is 60.0 Å². The fraction of sp³-hybridized carbons (Fsp3) is 0.182. The van der Waals surface area contributed by atoms with Crippen molar-refractivity contribution < 1.29 is 29.0 Å². The highest BCUT2D eigenvalue weighted by Crippen LogP contribution is 2.52. The van der Waals surface area contributed by atoms with Crippen LogP contribution in [0.15, 0.2) is 84.2 Å². The molecule has 2 heterocycles. The van der Waals surface area contributed by atoms with E-state index in [0.717, 1.165) is 0 Å². The molecule has 43 heavy (non-hydrogen) atoms. The van der Waals surface area contributed by atoms with Crippen LogP contribution < -0.4 is 9.47 Å². The van der Waals surface area contributed by atoms with Crippen LogP contribution in [0.1, 0.15) is 54.2 Å². The minimum atomic E-state index is -1.44. The lowest BCUT2D eigenvalue weighted by atomic mass is 9.76. The highest BCUT2D eigenvalue weighted by molar-refractivity contribution is 7.12. The Morgan fingerprint density at radius 2 is 1.44 bits per heavy atom. The summed E-state index contributed by atoms with van der Waals surface area (Å²) in [5.74, 6) is -3.52.